The number of hydrogen-bond acceptors (Lipinski definition) is 3. The predicted molar refractivity (Wildman–Crippen MR) is 87.6 cm³/mol. The highest BCUT2D eigenvalue weighted by atomic mass is 32.2. The fraction of sp³-hybridized carbons (Fsp3) is 0.562. The summed E-state index contributed by atoms with van der Waals surface area (Å²) in [5, 5.41) is 2.80. The Morgan fingerprint density at radius 2 is 2.05 bits per heavy atom. The Morgan fingerprint density at radius 3 is 2.73 bits per heavy atom. The van der Waals surface area contributed by atoms with Crippen LogP contribution in [-0.4, -0.2) is 51.0 Å². The third-order valence-electron chi connectivity index (χ3n) is 3.91. The van der Waals surface area contributed by atoms with Gasteiger partial charge in [0.1, 0.15) is 9.84 Å². The maximum atomic E-state index is 12.0. The first-order chi connectivity index (χ1) is 10.4. The Kier molecular flexibility index (Phi) is 5.83. The number of sulfone groups is 1. The van der Waals surface area contributed by atoms with Gasteiger partial charge in [-0.25, -0.2) is 13.2 Å². The summed E-state index contributed by atoms with van der Waals surface area (Å²) < 4.78 is 22.1. The molecule has 1 aromatic carbocycles. The molecular weight excluding hydrogens is 300 g/mol. The Bertz CT molecular complexity index is 587. The van der Waals surface area contributed by atoms with Crippen molar-refractivity contribution in [1.82, 2.24) is 10.2 Å². The maximum absolute atomic E-state index is 12.0. The number of carbonyl (C=O) groups excluding carboxylic acids is 1. The molecule has 2 rings (SSSR count). The van der Waals surface area contributed by atoms with Crippen LogP contribution in [0.25, 0.3) is 0 Å². The fourth-order valence-corrected chi connectivity index (χ4v) is 3.44. The molecule has 2 amide bonds. The number of hydrogen-bond donors (Lipinski definition) is 1. The highest BCUT2D eigenvalue weighted by Crippen LogP contribution is 2.20. The van der Waals surface area contributed by atoms with Crippen molar-refractivity contribution in [3.05, 3.63) is 35.9 Å². The van der Waals surface area contributed by atoms with E-state index in [0.29, 0.717) is 18.9 Å². The average Bonchev–Trinajstić information content (AvgIpc) is 2.92. The fourth-order valence-electron chi connectivity index (χ4n) is 2.77. The lowest BCUT2D eigenvalue weighted by atomic mass is 9.99. The van der Waals surface area contributed by atoms with Crippen molar-refractivity contribution in [1.29, 1.82) is 0 Å². The van der Waals surface area contributed by atoms with Gasteiger partial charge in [0.25, 0.3) is 0 Å². The molecule has 1 N–H and O–H groups in total. The van der Waals surface area contributed by atoms with E-state index < -0.39 is 9.84 Å². The molecule has 1 fully saturated rings. The summed E-state index contributed by atoms with van der Waals surface area (Å²) in [6.45, 7) is 1.95. The van der Waals surface area contributed by atoms with Crippen molar-refractivity contribution < 1.29 is 13.2 Å². The van der Waals surface area contributed by atoms with Crippen LogP contribution in [0.1, 0.15) is 18.4 Å². The summed E-state index contributed by atoms with van der Waals surface area (Å²) in [5.41, 5.74) is 1.31. The van der Waals surface area contributed by atoms with Gasteiger partial charge in [0, 0.05) is 25.9 Å². The number of likely N-dealkylation sites (tertiary alicyclic amines) is 1. The van der Waals surface area contributed by atoms with Gasteiger partial charge in [0.2, 0.25) is 0 Å². The lowest BCUT2D eigenvalue weighted by molar-refractivity contribution is 0.207. The molecule has 0 aliphatic carbocycles. The van der Waals surface area contributed by atoms with Gasteiger partial charge in [-0.2, -0.15) is 0 Å². The van der Waals surface area contributed by atoms with Crippen molar-refractivity contribution in [3.8, 4) is 0 Å². The largest absolute Gasteiger partial charge is 0.338 e. The zero-order valence-electron chi connectivity index (χ0n) is 13.0. The summed E-state index contributed by atoms with van der Waals surface area (Å²) >= 11 is 0. The number of carbonyl (C=O) groups is 1. The first-order valence-corrected chi connectivity index (χ1v) is 9.74. The summed E-state index contributed by atoms with van der Waals surface area (Å²) in [7, 11) is -2.95. The number of nitrogens with zero attached hydrogens (tertiary/aromatic N) is 1. The molecule has 0 unspecified atom stereocenters. The normalized spacial score (nSPS) is 18.4. The van der Waals surface area contributed by atoms with E-state index in [4.69, 9.17) is 0 Å². The third kappa shape index (κ3) is 5.67. The molecule has 1 aliphatic heterocycles. The topological polar surface area (TPSA) is 66.5 Å². The van der Waals surface area contributed by atoms with E-state index >= 15 is 0 Å². The number of nitrogens with one attached hydrogen (secondary N) is 1. The van der Waals surface area contributed by atoms with Gasteiger partial charge in [-0.1, -0.05) is 30.3 Å². The molecule has 1 heterocycles. The number of amides is 2. The SMILES string of the molecule is CS(=O)(=O)CCCNC(=O)N1CC[C@@H](Cc2ccccc2)C1. The zero-order valence-corrected chi connectivity index (χ0v) is 13.8. The second-order valence-corrected chi connectivity index (χ2v) is 8.27. The van der Waals surface area contributed by atoms with E-state index in [1.807, 2.05) is 23.1 Å². The smallest absolute Gasteiger partial charge is 0.317 e. The van der Waals surface area contributed by atoms with Crippen molar-refractivity contribution in [3.63, 3.8) is 0 Å². The minimum absolute atomic E-state index is 0.0796. The quantitative estimate of drug-likeness (QED) is 0.810. The van der Waals surface area contributed by atoms with Gasteiger partial charge in [-0.3, -0.25) is 0 Å². The first-order valence-electron chi connectivity index (χ1n) is 7.68. The summed E-state index contributed by atoms with van der Waals surface area (Å²) in [4.78, 5) is 13.9. The Balaban J connectivity index is 1.70. The molecular formula is C16H24N2O3S. The predicted octanol–water partition coefficient (Wildman–Crippen LogP) is 1.70. The lowest BCUT2D eigenvalue weighted by Gasteiger charge is -2.17. The van der Waals surface area contributed by atoms with Crippen LogP contribution < -0.4 is 5.32 Å². The van der Waals surface area contributed by atoms with Crippen LogP contribution in [0.2, 0.25) is 0 Å². The minimum atomic E-state index is -2.95. The molecule has 0 aromatic heterocycles. The summed E-state index contributed by atoms with van der Waals surface area (Å²) in [6.07, 6.45) is 3.69. The molecule has 0 radical (unpaired) electrons. The van der Waals surface area contributed by atoms with Gasteiger partial charge >= 0.3 is 6.03 Å². The standard InChI is InChI=1S/C16H24N2O3S/c1-22(20,21)11-5-9-17-16(19)18-10-8-15(13-18)12-14-6-3-2-4-7-14/h2-4,6-7,15H,5,8-13H2,1H3,(H,17,19)/t15-/m0/s1. The Morgan fingerprint density at radius 1 is 1.32 bits per heavy atom. The van der Waals surface area contributed by atoms with Crippen LogP contribution in [0.5, 0.6) is 0 Å². The molecule has 1 atom stereocenters. The van der Waals surface area contributed by atoms with E-state index in [9.17, 15) is 13.2 Å². The van der Waals surface area contributed by atoms with E-state index in [1.54, 1.807) is 0 Å². The second-order valence-electron chi connectivity index (χ2n) is 6.01. The van der Waals surface area contributed by atoms with Crippen molar-refractivity contribution in [2.75, 3.05) is 31.6 Å². The van der Waals surface area contributed by atoms with Crippen molar-refractivity contribution in [2.24, 2.45) is 5.92 Å². The van der Waals surface area contributed by atoms with Crippen LogP contribution in [0.4, 0.5) is 4.79 Å². The summed E-state index contributed by atoms with van der Waals surface area (Å²) in [6, 6.07) is 10.2. The molecule has 1 saturated heterocycles. The molecule has 5 nitrogen and oxygen atoms in total. The molecule has 1 aromatic rings. The van der Waals surface area contributed by atoms with Crippen LogP contribution in [0.15, 0.2) is 30.3 Å². The Hall–Kier alpha value is -1.56. The molecule has 1 aliphatic rings. The number of benzene rings is 1. The van der Waals surface area contributed by atoms with Crippen molar-refractivity contribution >= 4 is 15.9 Å². The maximum Gasteiger partial charge on any atom is 0.317 e. The minimum Gasteiger partial charge on any atom is -0.338 e. The zero-order chi connectivity index (χ0) is 16.0. The highest BCUT2D eigenvalue weighted by molar-refractivity contribution is 7.90. The van der Waals surface area contributed by atoms with E-state index in [1.165, 1.54) is 11.8 Å². The van der Waals surface area contributed by atoms with Gasteiger partial charge < -0.3 is 10.2 Å². The lowest BCUT2D eigenvalue weighted by Crippen LogP contribution is -2.39. The molecule has 6 heteroatoms. The highest BCUT2D eigenvalue weighted by Gasteiger charge is 2.25. The number of rotatable bonds is 6. The van der Waals surface area contributed by atoms with E-state index in [-0.39, 0.29) is 11.8 Å². The molecule has 22 heavy (non-hydrogen) atoms. The summed E-state index contributed by atoms with van der Waals surface area (Å²) in [5.74, 6) is 0.619. The molecule has 122 valence electrons. The van der Waals surface area contributed by atoms with E-state index in [0.717, 1.165) is 25.9 Å². The van der Waals surface area contributed by atoms with Crippen LogP contribution in [0.3, 0.4) is 0 Å². The number of urea groups is 1. The van der Waals surface area contributed by atoms with Crippen LogP contribution in [-0.2, 0) is 16.3 Å². The third-order valence-corrected chi connectivity index (χ3v) is 4.94. The van der Waals surface area contributed by atoms with Crippen molar-refractivity contribution in [2.45, 2.75) is 19.3 Å². The molecule has 0 saturated carbocycles. The van der Waals surface area contributed by atoms with Crippen LogP contribution >= 0.6 is 0 Å². The van der Waals surface area contributed by atoms with Crippen LogP contribution in [0, 0.1) is 5.92 Å². The monoisotopic (exact) mass is 324 g/mol. The van der Waals surface area contributed by atoms with E-state index in [2.05, 4.69) is 17.4 Å². The molecule has 0 spiro atoms. The van der Waals surface area contributed by atoms with Gasteiger partial charge in [0.05, 0.1) is 5.75 Å². The average molecular weight is 324 g/mol. The van der Waals surface area contributed by atoms with Gasteiger partial charge in [-0.05, 0) is 30.7 Å². The molecule has 0 bridgehead atoms. The van der Waals surface area contributed by atoms with Gasteiger partial charge in [0.15, 0.2) is 0 Å². The van der Waals surface area contributed by atoms with Gasteiger partial charge in [-0.15, -0.1) is 0 Å². The second kappa shape index (κ2) is 7.63. The Labute approximate surface area is 132 Å². The first kappa shape index (κ1) is 16.8.